The van der Waals surface area contributed by atoms with Crippen molar-refractivity contribution in [3.05, 3.63) is 53.6 Å². The van der Waals surface area contributed by atoms with Crippen LogP contribution in [-0.4, -0.2) is 38.9 Å². The summed E-state index contributed by atoms with van der Waals surface area (Å²) in [5.74, 6) is 1.68. The Hall–Kier alpha value is -3.43. The number of rotatable bonds is 4. The van der Waals surface area contributed by atoms with Gasteiger partial charge in [0, 0.05) is 5.39 Å². The van der Waals surface area contributed by atoms with Crippen LogP contribution in [-0.2, 0) is 6.42 Å². The third-order valence-electron chi connectivity index (χ3n) is 6.97. The molecule has 0 unspecified atom stereocenters. The number of para-hydroxylation sites is 1. The quantitative estimate of drug-likeness (QED) is 0.367. The molecule has 0 saturated heterocycles. The van der Waals surface area contributed by atoms with E-state index in [1.54, 1.807) is 17.4 Å². The summed E-state index contributed by atoms with van der Waals surface area (Å²) in [6.07, 6.45) is -3.53. The zero-order chi connectivity index (χ0) is 23.7. The van der Waals surface area contributed by atoms with Gasteiger partial charge in [-0.15, -0.1) is 10.2 Å². The molecule has 6 nitrogen and oxygen atoms in total. The molecular weight excluding hydrogens is 450 g/mol. The predicted molar refractivity (Wildman–Crippen MR) is 118 cm³/mol. The standard InChI is InChI=1S/C24H21F4N5O/c1-14-30-31-22-29-21(17-13-16(25)5-6-18(17)33(14)22)32-11-12-34-20-15(3-2-4-19(20)32)7-8-23(9-10-23)24(26,27)28/h2-6,13H,7-12H2,1H3. The van der Waals surface area contributed by atoms with Crippen molar-refractivity contribution in [2.45, 2.75) is 38.8 Å². The van der Waals surface area contributed by atoms with Gasteiger partial charge in [0.15, 0.2) is 0 Å². The van der Waals surface area contributed by atoms with E-state index in [0.717, 1.165) is 5.56 Å². The van der Waals surface area contributed by atoms with Gasteiger partial charge in [-0.2, -0.15) is 18.2 Å². The van der Waals surface area contributed by atoms with Crippen molar-refractivity contribution in [2.75, 3.05) is 18.1 Å². The average molecular weight is 471 g/mol. The number of benzene rings is 2. The minimum absolute atomic E-state index is 0.0354. The number of ether oxygens (including phenoxy) is 1. The van der Waals surface area contributed by atoms with Gasteiger partial charge in [-0.3, -0.25) is 4.40 Å². The van der Waals surface area contributed by atoms with Gasteiger partial charge in [0.25, 0.3) is 5.78 Å². The van der Waals surface area contributed by atoms with Gasteiger partial charge in [0.2, 0.25) is 0 Å². The maximum absolute atomic E-state index is 14.3. The zero-order valence-electron chi connectivity index (χ0n) is 18.4. The van der Waals surface area contributed by atoms with Crippen LogP contribution >= 0.6 is 0 Å². The highest BCUT2D eigenvalue weighted by Gasteiger charge is 2.62. The van der Waals surface area contributed by atoms with Crippen LogP contribution in [0.15, 0.2) is 36.4 Å². The number of alkyl halides is 3. The molecule has 2 aliphatic rings. The second kappa shape index (κ2) is 7.28. The fraction of sp³-hybridized carbons (Fsp3) is 0.375. The smallest absolute Gasteiger partial charge is 0.394 e. The number of hydrogen-bond acceptors (Lipinski definition) is 5. The number of hydrogen-bond donors (Lipinski definition) is 0. The molecule has 34 heavy (non-hydrogen) atoms. The first-order chi connectivity index (χ1) is 16.3. The minimum atomic E-state index is -4.19. The van der Waals surface area contributed by atoms with Crippen molar-refractivity contribution in [3.63, 3.8) is 0 Å². The minimum Gasteiger partial charge on any atom is -0.489 e. The lowest BCUT2D eigenvalue weighted by Crippen LogP contribution is -2.30. The van der Waals surface area contributed by atoms with Crippen molar-refractivity contribution >= 4 is 28.2 Å². The van der Waals surface area contributed by atoms with Crippen molar-refractivity contribution in [2.24, 2.45) is 5.41 Å². The summed E-state index contributed by atoms with van der Waals surface area (Å²) in [6, 6.07) is 9.95. The molecule has 1 aliphatic carbocycles. The monoisotopic (exact) mass is 471 g/mol. The Bertz CT molecular complexity index is 1430. The summed E-state index contributed by atoms with van der Waals surface area (Å²) in [5.41, 5.74) is 0.566. The van der Waals surface area contributed by atoms with Gasteiger partial charge in [-0.05, 0) is 62.4 Å². The first kappa shape index (κ1) is 21.1. The first-order valence-corrected chi connectivity index (χ1v) is 11.2. The molecule has 1 aliphatic heterocycles. The summed E-state index contributed by atoms with van der Waals surface area (Å²) in [7, 11) is 0. The number of anilines is 2. The first-order valence-electron chi connectivity index (χ1n) is 11.2. The molecule has 4 aromatic rings. The number of nitrogens with zero attached hydrogens (tertiary/aromatic N) is 5. The van der Waals surface area contributed by atoms with E-state index in [4.69, 9.17) is 4.74 Å². The van der Waals surface area contributed by atoms with Gasteiger partial charge in [-0.1, -0.05) is 12.1 Å². The third kappa shape index (κ3) is 3.19. The van der Waals surface area contributed by atoms with Crippen LogP contribution in [0.1, 0.15) is 30.7 Å². The van der Waals surface area contributed by atoms with Gasteiger partial charge in [-0.25, -0.2) is 4.39 Å². The van der Waals surface area contributed by atoms with Crippen LogP contribution in [0.25, 0.3) is 16.7 Å². The van der Waals surface area contributed by atoms with E-state index in [2.05, 4.69) is 15.2 Å². The number of halogens is 4. The third-order valence-corrected chi connectivity index (χ3v) is 6.97. The molecule has 176 valence electrons. The molecule has 2 aromatic carbocycles. The van der Waals surface area contributed by atoms with E-state index >= 15 is 0 Å². The van der Waals surface area contributed by atoms with Crippen LogP contribution in [0.3, 0.4) is 0 Å². The van der Waals surface area contributed by atoms with E-state index in [0.29, 0.717) is 52.9 Å². The molecule has 0 radical (unpaired) electrons. The molecule has 2 aromatic heterocycles. The molecule has 0 spiro atoms. The Kier molecular flexibility index (Phi) is 4.53. The topological polar surface area (TPSA) is 55.5 Å². The van der Waals surface area contributed by atoms with Crippen LogP contribution in [0.4, 0.5) is 29.1 Å². The molecule has 3 heterocycles. The molecule has 0 bridgehead atoms. The lowest BCUT2D eigenvalue weighted by Gasteiger charge is -2.32. The predicted octanol–water partition coefficient (Wildman–Crippen LogP) is 5.53. The Labute approximate surface area is 192 Å². The SMILES string of the molecule is Cc1nnc2nc(N3CCOc4c(CCC5(C(F)(F)F)CC5)cccc43)c3cc(F)ccc3n12. The number of aryl methyl sites for hydroxylation is 2. The van der Waals surface area contributed by atoms with Crippen LogP contribution in [0, 0.1) is 18.2 Å². The normalized spacial score (nSPS) is 17.1. The fourth-order valence-corrected chi connectivity index (χ4v) is 4.88. The second-order valence-corrected chi connectivity index (χ2v) is 9.02. The van der Waals surface area contributed by atoms with E-state index in [-0.39, 0.29) is 25.7 Å². The Morgan fingerprint density at radius 1 is 1.12 bits per heavy atom. The summed E-state index contributed by atoms with van der Waals surface area (Å²) in [6.45, 7) is 2.57. The molecule has 1 saturated carbocycles. The van der Waals surface area contributed by atoms with Gasteiger partial charge in [0.1, 0.15) is 29.8 Å². The second-order valence-electron chi connectivity index (χ2n) is 9.02. The summed E-state index contributed by atoms with van der Waals surface area (Å²) >= 11 is 0. The van der Waals surface area contributed by atoms with Crippen LogP contribution in [0.5, 0.6) is 5.75 Å². The molecule has 6 rings (SSSR count). The lowest BCUT2D eigenvalue weighted by atomic mass is 9.95. The van der Waals surface area contributed by atoms with E-state index in [1.807, 2.05) is 23.1 Å². The maximum atomic E-state index is 14.3. The van der Waals surface area contributed by atoms with Crippen molar-refractivity contribution in [3.8, 4) is 5.75 Å². The molecule has 1 fully saturated rings. The Morgan fingerprint density at radius 3 is 2.71 bits per heavy atom. The number of aromatic nitrogens is 4. The molecular formula is C24H21F4N5O. The van der Waals surface area contributed by atoms with Gasteiger partial charge in [0.05, 0.1) is 23.2 Å². The molecule has 0 amide bonds. The fourth-order valence-electron chi connectivity index (χ4n) is 4.88. The van der Waals surface area contributed by atoms with E-state index in [9.17, 15) is 17.6 Å². The zero-order valence-corrected chi connectivity index (χ0v) is 18.4. The molecule has 0 N–H and O–H groups in total. The Balaban J connectivity index is 1.44. The Morgan fingerprint density at radius 2 is 1.94 bits per heavy atom. The number of fused-ring (bicyclic) bond motifs is 4. The summed E-state index contributed by atoms with van der Waals surface area (Å²) in [4.78, 5) is 6.61. The van der Waals surface area contributed by atoms with Crippen LogP contribution in [0.2, 0.25) is 0 Å². The van der Waals surface area contributed by atoms with Crippen molar-refractivity contribution in [1.82, 2.24) is 19.6 Å². The molecule has 10 heteroatoms. The van der Waals surface area contributed by atoms with Gasteiger partial charge >= 0.3 is 6.18 Å². The lowest BCUT2D eigenvalue weighted by molar-refractivity contribution is -0.188. The van der Waals surface area contributed by atoms with Crippen molar-refractivity contribution < 1.29 is 22.3 Å². The highest BCUT2D eigenvalue weighted by molar-refractivity contribution is 5.94. The highest BCUT2D eigenvalue weighted by Crippen LogP contribution is 2.60. The summed E-state index contributed by atoms with van der Waals surface area (Å²) in [5, 5.41) is 8.84. The van der Waals surface area contributed by atoms with Crippen LogP contribution < -0.4 is 9.64 Å². The maximum Gasteiger partial charge on any atom is 0.394 e. The van der Waals surface area contributed by atoms with E-state index in [1.165, 1.54) is 12.1 Å². The largest absolute Gasteiger partial charge is 0.489 e. The summed E-state index contributed by atoms with van der Waals surface area (Å²) < 4.78 is 62.3. The average Bonchev–Trinajstić information content (AvgIpc) is 3.53. The van der Waals surface area contributed by atoms with Crippen molar-refractivity contribution in [1.29, 1.82) is 0 Å². The van der Waals surface area contributed by atoms with Gasteiger partial charge < -0.3 is 9.64 Å². The molecule has 0 atom stereocenters. The van der Waals surface area contributed by atoms with E-state index < -0.39 is 17.4 Å². The highest BCUT2D eigenvalue weighted by atomic mass is 19.4.